The van der Waals surface area contributed by atoms with E-state index in [9.17, 15) is 9.59 Å². The Bertz CT molecular complexity index is 1530. The van der Waals surface area contributed by atoms with Crippen molar-refractivity contribution in [1.29, 1.82) is 0 Å². The van der Waals surface area contributed by atoms with E-state index in [1.54, 1.807) is 7.05 Å². The van der Waals surface area contributed by atoms with Gasteiger partial charge in [-0.2, -0.15) is 0 Å². The molecule has 5 rings (SSSR count). The van der Waals surface area contributed by atoms with E-state index in [1.807, 2.05) is 59.5 Å². The molecule has 0 aromatic heterocycles. The summed E-state index contributed by atoms with van der Waals surface area (Å²) >= 11 is 6.13. The number of fused-ring (bicyclic) bond motifs is 1. The highest BCUT2D eigenvalue weighted by Crippen LogP contribution is 2.20. The van der Waals surface area contributed by atoms with Crippen molar-refractivity contribution >= 4 is 34.2 Å². The standard InChI is InChI=1S/C36H41ClN4O3/c1-38-34(25-44-24-27-8-4-3-5-9-27)35(42)39-33(22-26-13-16-31(37)17-14-26)36(43)41-19-18-40(2)32(23-41)21-28-12-15-29-10-6-7-11-30(29)20-28/h3-17,20,32-34,38H,18-19,21-25H2,1-2H3,(H,39,42)/t32-,33-,34+/m1/s1. The maximum absolute atomic E-state index is 14.1. The lowest BCUT2D eigenvalue weighted by Gasteiger charge is -2.41. The molecule has 1 aliphatic rings. The van der Waals surface area contributed by atoms with Gasteiger partial charge in [0.05, 0.1) is 13.2 Å². The van der Waals surface area contributed by atoms with Gasteiger partial charge >= 0.3 is 0 Å². The number of ether oxygens (including phenoxy) is 1. The third kappa shape index (κ3) is 8.45. The molecule has 2 amide bonds. The SMILES string of the molecule is CN[C@@H](COCc1ccccc1)C(=O)N[C@H](Cc1ccc(Cl)cc1)C(=O)N1CCN(C)[C@H](Cc2ccc3ccccc3c2)C1. The Labute approximate surface area is 265 Å². The van der Waals surface area contributed by atoms with Gasteiger partial charge in [0, 0.05) is 37.1 Å². The number of hydrogen-bond donors (Lipinski definition) is 2. The second-order valence-electron chi connectivity index (χ2n) is 11.5. The maximum Gasteiger partial charge on any atom is 0.245 e. The normalized spacial score (nSPS) is 16.9. The average molecular weight is 613 g/mol. The van der Waals surface area contributed by atoms with Crippen LogP contribution in [-0.4, -0.2) is 80.1 Å². The van der Waals surface area contributed by atoms with E-state index in [1.165, 1.54) is 16.3 Å². The monoisotopic (exact) mass is 612 g/mol. The molecule has 4 aromatic carbocycles. The van der Waals surface area contributed by atoms with Crippen molar-refractivity contribution < 1.29 is 14.3 Å². The highest BCUT2D eigenvalue weighted by Gasteiger charge is 2.33. The fourth-order valence-electron chi connectivity index (χ4n) is 5.71. The van der Waals surface area contributed by atoms with Gasteiger partial charge < -0.3 is 20.3 Å². The summed E-state index contributed by atoms with van der Waals surface area (Å²) in [6.45, 7) is 2.54. The first-order valence-corrected chi connectivity index (χ1v) is 15.6. The number of hydrogen-bond acceptors (Lipinski definition) is 5. The van der Waals surface area contributed by atoms with Gasteiger partial charge in [-0.15, -0.1) is 0 Å². The van der Waals surface area contributed by atoms with Crippen molar-refractivity contribution in [3.63, 3.8) is 0 Å². The van der Waals surface area contributed by atoms with Crippen molar-refractivity contribution in [3.8, 4) is 0 Å². The number of nitrogens with one attached hydrogen (secondary N) is 2. The van der Waals surface area contributed by atoms with Gasteiger partial charge in [-0.05, 0) is 60.1 Å². The fourth-order valence-corrected chi connectivity index (χ4v) is 5.84. The molecule has 1 aliphatic heterocycles. The second-order valence-corrected chi connectivity index (χ2v) is 12.0. The first-order chi connectivity index (χ1) is 21.4. The summed E-state index contributed by atoms with van der Waals surface area (Å²) in [5.74, 6) is -0.348. The van der Waals surface area contributed by atoms with Gasteiger partial charge in [0.1, 0.15) is 12.1 Å². The number of carbonyl (C=O) groups is 2. The molecule has 2 N–H and O–H groups in total. The van der Waals surface area contributed by atoms with Gasteiger partial charge in [0.2, 0.25) is 11.8 Å². The summed E-state index contributed by atoms with van der Waals surface area (Å²) in [5.41, 5.74) is 3.20. The molecule has 7 nitrogen and oxygen atoms in total. The zero-order valence-corrected chi connectivity index (χ0v) is 26.2. The van der Waals surface area contributed by atoms with Crippen LogP contribution in [0.15, 0.2) is 97.1 Å². The molecular formula is C36H41ClN4O3. The molecule has 0 bridgehead atoms. The van der Waals surface area contributed by atoms with E-state index >= 15 is 0 Å². The smallest absolute Gasteiger partial charge is 0.245 e. The molecule has 0 aliphatic carbocycles. The van der Waals surface area contributed by atoms with Crippen molar-refractivity contribution in [3.05, 3.63) is 119 Å². The van der Waals surface area contributed by atoms with Gasteiger partial charge in [-0.3, -0.25) is 14.5 Å². The number of amides is 2. The molecule has 8 heteroatoms. The third-order valence-electron chi connectivity index (χ3n) is 8.40. The van der Waals surface area contributed by atoms with Crippen LogP contribution < -0.4 is 10.6 Å². The minimum Gasteiger partial charge on any atom is -0.375 e. The molecule has 0 unspecified atom stereocenters. The quantitative estimate of drug-likeness (QED) is 0.242. The minimum atomic E-state index is -0.724. The van der Waals surface area contributed by atoms with Crippen LogP contribution in [0.4, 0.5) is 0 Å². The van der Waals surface area contributed by atoms with Gasteiger partial charge in [0.15, 0.2) is 0 Å². The fraction of sp³-hybridized carbons (Fsp3) is 0.333. The van der Waals surface area contributed by atoms with Gasteiger partial charge in [-0.1, -0.05) is 96.5 Å². The summed E-state index contributed by atoms with van der Waals surface area (Å²) in [6, 6.07) is 31.0. The highest BCUT2D eigenvalue weighted by atomic mass is 35.5. The Morgan fingerprint density at radius 1 is 0.864 bits per heavy atom. The maximum atomic E-state index is 14.1. The van der Waals surface area contributed by atoms with Gasteiger partial charge in [0.25, 0.3) is 0 Å². The van der Waals surface area contributed by atoms with Crippen molar-refractivity contribution in [2.24, 2.45) is 0 Å². The van der Waals surface area contributed by atoms with E-state index in [4.69, 9.17) is 16.3 Å². The van der Waals surface area contributed by atoms with Crippen molar-refractivity contribution in [2.45, 2.75) is 37.6 Å². The van der Waals surface area contributed by atoms with E-state index < -0.39 is 12.1 Å². The average Bonchev–Trinajstić information content (AvgIpc) is 3.05. The highest BCUT2D eigenvalue weighted by molar-refractivity contribution is 6.30. The molecule has 0 radical (unpaired) electrons. The minimum absolute atomic E-state index is 0.0787. The number of benzene rings is 4. The van der Waals surface area contributed by atoms with Crippen LogP contribution in [0.3, 0.4) is 0 Å². The van der Waals surface area contributed by atoms with E-state index in [-0.39, 0.29) is 24.5 Å². The number of rotatable bonds is 12. The predicted octanol–water partition coefficient (Wildman–Crippen LogP) is 4.71. The Balaban J connectivity index is 1.27. The Morgan fingerprint density at radius 3 is 2.32 bits per heavy atom. The molecule has 3 atom stereocenters. The largest absolute Gasteiger partial charge is 0.375 e. The Hall–Kier alpha value is -3.75. The number of likely N-dealkylation sites (N-methyl/N-ethyl adjacent to an activating group) is 2. The molecular weight excluding hydrogens is 572 g/mol. The van der Waals surface area contributed by atoms with Crippen LogP contribution in [0.25, 0.3) is 10.8 Å². The van der Waals surface area contributed by atoms with E-state index in [0.29, 0.717) is 31.1 Å². The Kier molecular flexibility index (Phi) is 11.0. The molecule has 44 heavy (non-hydrogen) atoms. The van der Waals surface area contributed by atoms with Crippen LogP contribution in [0, 0.1) is 0 Å². The van der Waals surface area contributed by atoms with Crippen LogP contribution in [0.5, 0.6) is 0 Å². The molecule has 0 saturated carbocycles. The van der Waals surface area contributed by atoms with E-state index in [0.717, 1.165) is 24.1 Å². The summed E-state index contributed by atoms with van der Waals surface area (Å²) in [7, 11) is 3.84. The van der Waals surface area contributed by atoms with Crippen LogP contribution >= 0.6 is 11.6 Å². The molecule has 0 spiro atoms. The topological polar surface area (TPSA) is 73.9 Å². The number of carbonyl (C=O) groups excluding carboxylic acids is 2. The summed E-state index contributed by atoms with van der Waals surface area (Å²) < 4.78 is 5.85. The second kappa shape index (κ2) is 15.3. The first-order valence-electron chi connectivity index (χ1n) is 15.2. The lowest BCUT2D eigenvalue weighted by Crippen LogP contribution is -2.60. The summed E-state index contributed by atoms with van der Waals surface area (Å²) in [5, 5.41) is 9.17. The third-order valence-corrected chi connectivity index (χ3v) is 8.65. The zero-order valence-electron chi connectivity index (χ0n) is 25.4. The predicted molar refractivity (Wildman–Crippen MR) is 177 cm³/mol. The van der Waals surface area contributed by atoms with Crippen molar-refractivity contribution in [2.75, 3.05) is 40.3 Å². The lowest BCUT2D eigenvalue weighted by atomic mass is 9.98. The van der Waals surface area contributed by atoms with Crippen LogP contribution in [0.1, 0.15) is 16.7 Å². The van der Waals surface area contributed by atoms with E-state index in [2.05, 4.69) is 65.0 Å². The molecule has 4 aromatic rings. The zero-order chi connectivity index (χ0) is 30.9. The lowest BCUT2D eigenvalue weighted by molar-refractivity contribution is -0.139. The van der Waals surface area contributed by atoms with Crippen molar-refractivity contribution in [1.82, 2.24) is 20.4 Å². The number of halogens is 1. The number of piperazine rings is 1. The van der Waals surface area contributed by atoms with Crippen LogP contribution in [-0.2, 0) is 33.8 Å². The molecule has 1 fully saturated rings. The molecule has 1 saturated heterocycles. The molecule has 230 valence electrons. The van der Waals surface area contributed by atoms with Gasteiger partial charge in [-0.25, -0.2) is 0 Å². The Morgan fingerprint density at radius 2 is 1.57 bits per heavy atom. The van der Waals surface area contributed by atoms with Crippen LogP contribution in [0.2, 0.25) is 5.02 Å². The molecule has 1 heterocycles. The summed E-state index contributed by atoms with van der Waals surface area (Å²) in [4.78, 5) is 31.8. The first kappa shape index (κ1) is 31.7. The number of nitrogens with zero attached hydrogens (tertiary/aromatic N) is 2. The summed E-state index contributed by atoms with van der Waals surface area (Å²) in [6.07, 6.45) is 1.20.